The van der Waals surface area contributed by atoms with Crippen LogP contribution in [0.2, 0.25) is 0 Å². The summed E-state index contributed by atoms with van der Waals surface area (Å²) in [5.41, 5.74) is 10.9. The summed E-state index contributed by atoms with van der Waals surface area (Å²) < 4.78 is 8.62. The van der Waals surface area contributed by atoms with Crippen LogP contribution in [-0.2, 0) is 0 Å². The maximum absolute atomic E-state index is 6.23. The molecule has 3 heteroatoms. The predicted molar refractivity (Wildman–Crippen MR) is 206 cm³/mol. The van der Waals surface area contributed by atoms with Crippen molar-refractivity contribution in [1.82, 2.24) is 4.57 Å². The summed E-state index contributed by atoms with van der Waals surface area (Å²) in [5.74, 6) is 0. The van der Waals surface area contributed by atoms with E-state index in [1.54, 1.807) is 0 Å². The third kappa shape index (κ3) is 4.51. The van der Waals surface area contributed by atoms with E-state index in [-0.39, 0.29) is 0 Å². The standard InChI is InChI=1S/C46H30N2O/c1-3-11-31(12-4-1)32-19-21-36(22-20-32)47(38-24-26-46-42(30-38)39-17-9-10-18-45(39)49-46)37-23-25-43-41(29-37)40-27-33-13-7-8-14-34(33)28-44(40)48(43)35-15-5-2-6-16-35/h1-30H. The van der Waals surface area contributed by atoms with Gasteiger partial charge in [0.2, 0.25) is 0 Å². The van der Waals surface area contributed by atoms with E-state index >= 15 is 0 Å². The molecule has 0 bridgehead atoms. The average molecular weight is 627 g/mol. The van der Waals surface area contributed by atoms with Gasteiger partial charge in [-0.1, -0.05) is 103 Å². The predicted octanol–water partition coefficient (Wildman–Crippen LogP) is 13.0. The highest BCUT2D eigenvalue weighted by atomic mass is 16.3. The van der Waals surface area contributed by atoms with Crippen LogP contribution in [0.15, 0.2) is 186 Å². The first kappa shape index (κ1) is 27.5. The lowest BCUT2D eigenvalue weighted by atomic mass is 10.0. The Morgan fingerprint density at radius 1 is 0.367 bits per heavy atom. The van der Waals surface area contributed by atoms with Crippen molar-refractivity contribution in [3.05, 3.63) is 182 Å². The number of hydrogen-bond donors (Lipinski definition) is 0. The first-order valence-electron chi connectivity index (χ1n) is 16.7. The van der Waals surface area contributed by atoms with Crippen molar-refractivity contribution in [1.29, 1.82) is 0 Å². The van der Waals surface area contributed by atoms with Gasteiger partial charge in [-0.3, -0.25) is 0 Å². The molecule has 0 spiro atoms. The summed E-state index contributed by atoms with van der Waals surface area (Å²) in [6, 6.07) is 65.1. The Morgan fingerprint density at radius 3 is 1.73 bits per heavy atom. The molecule has 3 nitrogen and oxygen atoms in total. The summed E-state index contributed by atoms with van der Waals surface area (Å²) in [6.07, 6.45) is 0. The molecule has 49 heavy (non-hydrogen) atoms. The zero-order valence-corrected chi connectivity index (χ0v) is 26.6. The second-order valence-electron chi connectivity index (χ2n) is 12.6. The van der Waals surface area contributed by atoms with E-state index in [0.717, 1.165) is 44.7 Å². The molecule has 0 saturated carbocycles. The average Bonchev–Trinajstić information content (AvgIpc) is 3.70. The lowest BCUT2D eigenvalue weighted by Gasteiger charge is -2.26. The highest BCUT2D eigenvalue weighted by molar-refractivity contribution is 6.15. The molecule has 230 valence electrons. The molecule has 10 aromatic rings. The van der Waals surface area contributed by atoms with Crippen molar-refractivity contribution in [2.75, 3.05) is 4.90 Å². The van der Waals surface area contributed by atoms with Crippen LogP contribution in [0.5, 0.6) is 0 Å². The fourth-order valence-electron chi connectivity index (χ4n) is 7.42. The molecular formula is C46H30N2O. The van der Waals surface area contributed by atoms with E-state index in [4.69, 9.17) is 4.42 Å². The van der Waals surface area contributed by atoms with E-state index in [1.807, 2.05) is 12.1 Å². The van der Waals surface area contributed by atoms with Crippen LogP contribution in [0.3, 0.4) is 0 Å². The number of anilines is 3. The molecule has 0 fully saturated rings. The fourth-order valence-corrected chi connectivity index (χ4v) is 7.42. The van der Waals surface area contributed by atoms with E-state index in [9.17, 15) is 0 Å². The van der Waals surface area contributed by atoms with Crippen LogP contribution in [0.1, 0.15) is 0 Å². The molecule has 0 unspecified atom stereocenters. The third-order valence-corrected chi connectivity index (χ3v) is 9.74. The van der Waals surface area contributed by atoms with Gasteiger partial charge >= 0.3 is 0 Å². The number of hydrogen-bond acceptors (Lipinski definition) is 2. The third-order valence-electron chi connectivity index (χ3n) is 9.74. The maximum Gasteiger partial charge on any atom is 0.135 e. The van der Waals surface area contributed by atoms with Crippen LogP contribution < -0.4 is 4.90 Å². The molecule has 0 radical (unpaired) electrons. The molecule has 0 aliphatic carbocycles. The monoisotopic (exact) mass is 626 g/mol. The molecule has 0 aliphatic rings. The van der Waals surface area contributed by atoms with Crippen LogP contribution in [0.25, 0.3) is 71.3 Å². The van der Waals surface area contributed by atoms with Gasteiger partial charge in [-0.05, 0) is 101 Å². The smallest absolute Gasteiger partial charge is 0.135 e. The minimum Gasteiger partial charge on any atom is -0.456 e. The van der Waals surface area contributed by atoms with E-state index in [2.05, 4.69) is 179 Å². The summed E-state index contributed by atoms with van der Waals surface area (Å²) in [6.45, 7) is 0. The summed E-state index contributed by atoms with van der Waals surface area (Å²) in [5, 5.41) is 7.13. The summed E-state index contributed by atoms with van der Waals surface area (Å²) in [7, 11) is 0. The Bertz CT molecular complexity index is 2810. The van der Waals surface area contributed by atoms with Gasteiger partial charge in [0.1, 0.15) is 11.2 Å². The Balaban J connectivity index is 1.22. The lowest BCUT2D eigenvalue weighted by molar-refractivity contribution is 0.669. The highest BCUT2D eigenvalue weighted by Gasteiger charge is 2.19. The highest BCUT2D eigenvalue weighted by Crippen LogP contribution is 2.42. The van der Waals surface area contributed by atoms with E-state index in [1.165, 1.54) is 43.7 Å². The molecule has 0 saturated heterocycles. The molecule has 0 aliphatic heterocycles. The fraction of sp³-hybridized carbons (Fsp3) is 0. The Morgan fingerprint density at radius 2 is 0.939 bits per heavy atom. The van der Waals surface area contributed by atoms with Gasteiger partial charge in [0, 0.05) is 44.3 Å². The lowest BCUT2D eigenvalue weighted by Crippen LogP contribution is -2.09. The van der Waals surface area contributed by atoms with Crippen LogP contribution >= 0.6 is 0 Å². The maximum atomic E-state index is 6.23. The minimum absolute atomic E-state index is 0.887. The van der Waals surface area contributed by atoms with Gasteiger partial charge in [0.25, 0.3) is 0 Å². The van der Waals surface area contributed by atoms with Crippen molar-refractivity contribution in [3.8, 4) is 16.8 Å². The topological polar surface area (TPSA) is 21.3 Å². The van der Waals surface area contributed by atoms with Crippen molar-refractivity contribution < 1.29 is 4.42 Å². The molecule has 2 heterocycles. The molecule has 0 atom stereocenters. The number of furan rings is 1. The van der Waals surface area contributed by atoms with Gasteiger partial charge in [0.05, 0.1) is 11.0 Å². The largest absolute Gasteiger partial charge is 0.456 e. The van der Waals surface area contributed by atoms with Gasteiger partial charge in [-0.2, -0.15) is 0 Å². The van der Waals surface area contributed by atoms with Crippen LogP contribution in [0, 0.1) is 0 Å². The number of nitrogens with zero attached hydrogens (tertiary/aromatic N) is 2. The summed E-state index contributed by atoms with van der Waals surface area (Å²) >= 11 is 0. The molecule has 10 rings (SSSR count). The number of para-hydroxylation sites is 2. The Kier molecular flexibility index (Phi) is 6.18. The second kappa shape index (κ2) is 11.0. The zero-order valence-electron chi connectivity index (χ0n) is 26.6. The quantitative estimate of drug-likeness (QED) is 0.190. The number of benzene rings is 8. The van der Waals surface area contributed by atoms with E-state index < -0.39 is 0 Å². The van der Waals surface area contributed by atoms with Crippen molar-refractivity contribution in [2.45, 2.75) is 0 Å². The second-order valence-corrected chi connectivity index (χ2v) is 12.6. The Hall–Kier alpha value is -6.58. The molecule has 0 N–H and O–H groups in total. The molecule has 8 aromatic carbocycles. The molecule has 0 amide bonds. The minimum atomic E-state index is 0.887. The van der Waals surface area contributed by atoms with Crippen molar-refractivity contribution >= 4 is 71.6 Å². The summed E-state index contributed by atoms with van der Waals surface area (Å²) in [4.78, 5) is 2.36. The van der Waals surface area contributed by atoms with E-state index in [0.29, 0.717) is 0 Å². The van der Waals surface area contributed by atoms with Crippen LogP contribution in [0.4, 0.5) is 17.1 Å². The zero-order chi connectivity index (χ0) is 32.3. The van der Waals surface area contributed by atoms with Crippen molar-refractivity contribution in [3.63, 3.8) is 0 Å². The van der Waals surface area contributed by atoms with Gasteiger partial charge in [0.15, 0.2) is 0 Å². The molecular weight excluding hydrogens is 597 g/mol. The first-order valence-corrected chi connectivity index (χ1v) is 16.7. The van der Waals surface area contributed by atoms with Crippen molar-refractivity contribution in [2.24, 2.45) is 0 Å². The normalized spacial score (nSPS) is 11.7. The Labute approximate surface area is 283 Å². The number of rotatable bonds is 5. The van der Waals surface area contributed by atoms with Gasteiger partial charge in [-0.25, -0.2) is 0 Å². The van der Waals surface area contributed by atoms with Gasteiger partial charge in [-0.15, -0.1) is 0 Å². The van der Waals surface area contributed by atoms with Gasteiger partial charge < -0.3 is 13.9 Å². The van der Waals surface area contributed by atoms with Crippen LogP contribution in [-0.4, -0.2) is 4.57 Å². The number of fused-ring (bicyclic) bond motifs is 7. The SMILES string of the molecule is c1ccc(-c2ccc(N(c3ccc4oc5ccccc5c4c3)c3ccc4c(c3)c3cc5ccccc5cc3n4-c3ccccc3)cc2)cc1. The number of aromatic nitrogens is 1. The first-order chi connectivity index (χ1) is 24.3. The molecule has 2 aromatic heterocycles.